The van der Waals surface area contributed by atoms with Gasteiger partial charge in [0.05, 0.1) is 23.2 Å². The fourth-order valence-electron chi connectivity index (χ4n) is 4.87. The zero-order chi connectivity index (χ0) is 23.2. The molecule has 4 rings (SSSR count). The highest BCUT2D eigenvalue weighted by Crippen LogP contribution is 2.52. The molecule has 5 nitrogen and oxygen atoms in total. The van der Waals surface area contributed by atoms with Gasteiger partial charge in [0.2, 0.25) is 0 Å². The number of nitriles is 1. The lowest BCUT2D eigenvalue weighted by molar-refractivity contribution is -0.118. The standard InChI is InChI=1S/C26H29N3O2S/c1-6-32-25-17(11-16(3)31-25)22-18(14-27)24(28)29(19-10-8-7-9-15(19)2)20-12-26(4,5)13-21(30)23(20)22/h7-11,22H,6,12-13,28H2,1-5H3. The van der Waals surface area contributed by atoms with Crippen LogP contribution in [-0.4, -0.2) is 11.5 Å². The van der Waals surface area contributed by atoms with Gasteiger partial charge in [-0.3, -0.25) is 9.69 Å². The van der Waals surface area contributed by atoms with Gasteiger partial charge in [-0.15, -0.1) is 0 Å². The molecular weight excluding hydrogens is 418 g/mol. The average Bonchev–Trinajstić information content (AvgIpc) is 3.07. The van der Waals surface area contributed by atoms with Crippen molar-refractivity contribution in [3.05, 3.63) is 69.9 Å². The molecule has 0 radical (unpaired) electrons. The number of nitrogens with zero attached hydrogens (tertiary/aromatic N) is 2. The van der Waals surface area contributed by atoms with Gasteiger partial charge in [-0.25, -0.2) is 0 Å². The second-order valence-corrected chi connectivity index (χ2v) is 10.5. The molecule has 1 aliphatic carbocycles. The topological polar surface area (TPSA) is 83.3 Å². The summed E-state index contributed by atoms with van der Waals surface area (Å²) in [6, 6.07) is 12.3. The normalized spacial score (nSPS) is 20.4. The van der Waals surface area contributed by atoms with Crippen molar-refractivity contribution in [2.75, 3.05) is 10.7 Å². The lowest BCUT2D eigenvalue weighted by Gasteiger charge is -2.44. The van der Waals surface area contributed by atoms with Crippen LogP contribution >= 0.6 is 11.8 Å². The Hall–Kier alpha value is -2.91. The van der Waals surface area contributed by atoms with Crippen LogP contribution in [0.25, 0.3) is 0 Å². The highest BCUT2D eigenvalue weighted by molar-refractivity contribution is 7.99. The Balaban J connectivity index is 2.03. The molecule has 0 bridgehead atoms. The van der Waals surface area contributed by atoms with Gasteiger partial charge in [-0.1, -0.05) is 50.7 Å². The number of anilines is 1. The van der Waals surface area contributed by atoms with Crippen LogP contribution in [0.3, 0.4) is 0 Å². The van der Waals surface area contributed by atoms with Gasteiger partial charge in [-0.2, -0.15) is 5.26 Å². The predicted octanol–water partition coefficient (Wildman–Crippen LogP) is 5.95. The van der Waals surface area contributed by atoms with Crippen molar-refractivity contribution in [3.63, 3.8) is 0 Å². The van der Waals surface area contributed by atoms with E-state index in [1.54, 1.807) is 11.8 Å². The highest BCUT2D eigenvalue weighted by Gasteiger charge is 2.46. The third kappa shape index (κ3) is 3.65. The Labute approximate surface area is 194 Å². The van der Waals surface area contributed by atoms with Crippen molar-refractivity contribution < 1.29 is 9.21 Å². The Morgan fingerprint density at radius 2 is 2.00 bits per heavy atom. The van der Waals surface area contributed by atoms with E-state index in [0.717, 1.165) is 39.1 Å². The number of thioether (sulfide) groups is 1. The molecule has 1 atom stereocenters. The van der Waals surface area contributed by atoms with Crippen LogP contribution in [0.1, 0.15) is 56.4 Å². The first-order chi connectivity index (χ1) is 15.2. The number of allylic oxidation sites excluding steroid dienone is 3. The minimum atomic E-state index is -0.509. The molecule has 1 aromatic heterocycles. The molecule has 6 heteroatoms. The van der Waals surface area contributed by atoms with E-state index in [-0.39, 0.29) is 11.2 Å². The molecule has 0 amide bonds. The number of furan rings is 1. The van der Waals surface area contributed by atoms with Crippen molar-refractivity contribution in [1.82, 2.24) is 0 Å². The molecule has 0 fully saturated rings. The second-order valence-electron chi connectivity index (χ2n) is 9.30. The van der Waals surface area contributed by atoms with E-state index < -0.39 is 5.92 Å². The molecule has 0 saturated heterocycles. The molecule has 2 N–H and O–H groups in total. The largest absolute Gasteiger partial charge is 0.455 e. The van der Waals surface area contributed by atoms with Crippen LogP contribution in [0.5, 0.6) is 0 Å². The van der Waals surface area contributed by atoms with E-state index in [2.05, 4.69) is 26.8 Å². The van der Waals surface area contributed by atoms with Crippen molar-refractivity contribution in [1.29, 1.82) is 5.26 Å². The molecule has 0 spiro atoms. The highest BCUT2D eigenvalue weighted by atomic mass is 32.2. The van der Waals surface area contributed by atoms with E-state index in [1.165, 1.54) is 0 Å². The Kier molecular flexibility index (Phi) is 5.72. The Morgan fingerprint density at radius 1 is 1.28 bits per heavy atom. The van der Waals surface area contributed by atoms with Crippen LogP contribution in [0.4, 0.5) is 5.69 Å². The molecule has 1 unspecified atom stereocenters. The third-order valence-corrected chi connectivity index (χ3v) is 7.04. The molecule has 2 aliphatic rings. The number of ketones is 1. The summed E-state index contributed by atoms with van der Waals surface area (Å²) in [5.41, 5.74) is 11.3. The van der Waals surface area contributed by atoms with E-state index in [4.69, 9.17) is 10.2 Å². The van der Waals surface area contributed by atoms with Gasteiger partial charge >= 0.3 is 0 Å². The molecule has 2 heterocycles. The fraction of sp³-hybridized carbons (Fsp3) is 0.385. The summed E-state index contributed by atoms with van der Waals surface area (Å²) in [4.78, 5) is 15.6. The summed E-state index contributed by atoms with van der Waals surface area (Å²) in [5.74, 6) is 1.55. The number of aryl methyl sites for hydroxylation is 2. The van der Waals surface area contributed by atoms with Gasteiger partial charge in [0.15, 0.2) is 10.9 Å². The van der Waals surface area contributed by atoms with Gasteiger partial charge in [-0.05, 0) is 49.1 Å². The fourth-order valence-corrected chi connectivity index (χ4v) is 5.66. The molecule has 32 heavy (non-hydrogen) atoms. The number of benzene rings is 1. The Morgan fingerprint density at radius 3 is 2.66 bits per heavy atom. The van der Waals surface area contributed by atoms with Crippen molar-refractivity contribution in [2.45, 2.75) is 58.5 Å². The SMILES string of the molecule is CCSc1oc(C)cc1C1C(C#N)=C(N)N(c2ccccc2C)C2=C1C(=O)CC(C)(C)C2. The maximum Gasteiger partial charge on any atom is 0.164 e. The van der Waals surface area contributed by atoms with Crippen molar-refractivity contribution >= 4 is 23.2 Å². The number of nitrogens with two attached hydrogens (primary N) is 1. The molecule has 1 aliphatic heterocycles. The smallest absolute Gasteiger partial charge is 0.164 e. The quantitative estimate of drug-likeness (QED) is 0.583. The summed E-state index contributed by atoms with van der Waals surface area (Å²) in [6.45, 7) is 10.2. The first kappa shape index (κ1) is 22.3. The lowest BCUT2D eigenvalue weighted by Crippen LogP contribution is -2.42. The maximum absolute atomic E-state index is 13.6. The zero-order valence-electron chi connectivity index (χ0n) is 19.3. The van der Waals surface area contributed by atoms with Crippen molar-refractivity contribution in [2.24, 2.45) is 11.1 Å². The predicted molar refractivity (Wildman–Crippen MR) is 128 cm³/mol. The van der Waals surface area contributed by atoms with Gasteiger partial charge in [0.25, 0.3) is 0 Å². The van der Waals surface area contributed by atoms with Crippen LogP contribution in [0.15, 0.2) is 62.5 Å². The number of Topliss-reactive ketones (excluding diaryl/α,β-unsaturated/α-hetero) is 1. The number of para-hydroxylation sites is 1. The number of hydrogen-bond acceptors (Lipinski definition) is 6. The molecule has 1 aromatic carbocycles. The summed E-state index contributed by atoms with van der Waals surface area (Å²) < 4.78 is 5.97. The van der Waals surface area contributed by atoms with E-state index in [0.29, 0.717) is 29.8 Å². The third-order valence-electron chi connectivity index (χ3n) is 6.17. The minimum Gasteiger partial charge on any atom is -0.455 e. The van der Waals surface area contributed by atoms with Crippen LogP contribution < -0.4 is 10.6 Å². The summed E-state index contributed by atoms with van der Waals surface area (Å²) >= 11 is 1.58. The number of rotatable bonds is 4. The lowest BCUT2D eigenvalue weighted by atomic mass is 9.69. The summed E-state index contributed by atoms with van der Waals surface area (Å²) in [6.07, 6.45) is 1.14. The zero-order valence-corrected chi connectivity index (χ0v) is 20.1. The van der Waals surface area contributed by atoms with E-state index in [9.17, 15) is 10.1 Å². The van der Waals surface area contributed by atoms with E-state index in [1.807, 2.05) is 49.1 Å². The monoisotopic (exact) mass is 447 g/mol. The van der Waals surface area contributed by atoms with Crippen LogP contribution in [0, 0.1) is 30.6 Å². The molecule has 166 valence electrons. The number of carbonyl (C=O) groups is 1. The van der Waals surface area contributed by atoms with Gasteiger partial charge < -0.3 is 10.2 Å². The minimum absolute atomic E-state index is 0.0754. The number of hydrogen-bond donors (Lipinski definition) is 1. The van der Waals surface area contributed by atoms with Crippen LogP contribution in [-0.2, 0) is 4.79 Å². The summed E-state index contributed by atoms with van der Waals surface area (Å²) in [7, 11) is 0. The molecular formula is C26H29N3O2S. The molecule has 2 aromatic rings. The first-order valence-electron chi connectivity index (χ1n) is 10.9. The first-order valence-corrected chi connectivity index (χ1v) is 11.9. The van der Waals surface area contributed by atoms with Gasteiger partial charge in [0.1, 0.15) is 11.6 Å². The van der Waals surface area contributed by atoms with Gasteiger partial charge in [0, 0.05) is 23.3 Å². The van der Waals surface area contributed by atoms with E-state index >= 15 is 0 Å². The Bertz CT molecular complexity index is 1200. The summed E-state index contributed by atoms with van der Waals surface area (Å²) in [5, 5.41) is 11.0. The average molecular weight is 448 g/mol. The number of carbonyl (C=O) groups excluding carboxylic acids is 1. The van der Waals surface area contributed by atoms with Crippen LogP contribution in [0.2, 0.25) is 0 Å². The molecule has 0 saturated carbocycles. The second kappa shape index (κ2) is 8.22. The maximum atomic E-state index is 13.6. The van der Waals surface area contributed by atoms with Crippen molar-refractivity contribution in [3.8, 4) is 6.07 Å².